The van der Waals surface area contributed by atoms with Crippen molar-refractivity contribution in [3.05, 3.63) is 58.6 Å². The molecule has 158 valence electrons. The first-order valence-corrected chi connectivity index (χ1v) is 11.5. The van der Waals surface area contributed by atoms with Crippen LogP contribution in [0.3, 0.4) is 0 Å². The number of benzene rings is 2. The standard InChI is InChI=1S/C21H27ClN2O4S/c1-6-19(16-8-11-18(28-4)12-9-16)23-21(25)15(3)24(29(5,26)27)20-13-17(22)10-7-14(20)2/h7-13,15,19H,6H2,1-5H3,(H,23,25)/t15-,19-/m1/s1. The molecule has 0 bridgehead atoms. The third-order valence-corrected chi connectivity index (χ3v) is 6.20. The van der Waals surface area contributed by atoms with Gasteiger partial charge in [-0.1, -0.05) is 36.7 Å². The van der Waals surface area contributed by atoms with Gasteiger partial charge in [-0.3, -0.25) is 9.10 Å². The highest BCUT2D eigenvalue weighted by molar-refractivity contribution is 7.92. The maximum Gasteiger partial charge on any atom is 0.244 e. The molecule has 6 nitrogen and oxygen atoms in total. The Balaban J connectivity index is 2.31. The number of sulfonamides is 1. The van der Waals surface area contributed by atoms with E-state index in [1.54, 1.807) is 39.2 Å². The number of nitrogens with one attached hydrogen (secondary N) is 1. The first-order valence-electron chi connectivity index (χ1n) is 9.28. The molecule has 1 N–H and O–H groups in total. The van der Waals surface area contributed by atoms with Crippen molar-refractivity contribution in [3.8, 4) is 5.75 Å². The van der Waals surface area contributed by atoms with Crippen LogP contribution in [0, 0.1) is 6.92 Å². The normalized spacial score (nSPS) is 13.4. The molecular weight excluding hydrogens is 412 g/mol. The van der Waals surface area contributed by atoms with Gasteiger partial charge in [-0.05, 0) is 55.7 Å². The van der Waals surface area contributed by atoms with Crippen molar-refractivity contribution in [1.29, 1.82) is 0 Å². The van der Waals surface area contributed by atoms with E-state index >= 15 is 0 Å². The summed E-state index contributed by atoms with van der Waals surface area (Å²) in [5.74, 6) is 0.334. The number of ether oxygens (including phenoxy) is 1. The van der Waals surface area contributed by atoms with Crippen LogP contribution in [0.5, 0.6) is 5.75 Å². The summed E-state index contributed by atoms with van der Waals surface area (Å²) >= 11 is 6.07. The number of hydrogen-bond donors (Lipinski definition) is 1. The van der Waals surface area contributed by atoms with Gasteiger partial charge in [0.1, 0.15) is 11.8 Å². The van der Waals surface area contributed by atoms with Crippen molar-refractivity contribution < 1.29 is 17.9 Å². The van der Waals surface area contributed by atoms with E-state index in [1.807, 2.05) is 31.2 Å². The van der Waals surface area contributed by atoms with E-state index in [0.29, 0.717) is 22.7 Å². The zero-order chi connectivity index (χ0) is 21.8. The largest absolute Gasteiger partial charge is 0.497 e. The molecule has 1 amide bonds. The summed E-state index contributed by atoms with van der Waals surface area (Å²) in [5, 5.41) is 3.36. The highest BCUT2D eigenvalue weighted by atomic mass is 35.5. The minimum absolute atomic E-state index is 0.252. The van der Waals surface area contributed by atoms with Crippen LogP contribution < -0.4 is 14.4 Å². The number of aryl methyl sites for hydroxylation is 1. The molecule has 0 aliphatic carbocycles. The molecule has 2 aromatic carbocycles. The minimum atomic E-state index is -3.72. The van der Waals surface area contributed by atoms with Crippen LogP contribution in [-0.2, 0) is 14.8 Å². The molecule has 2 atom stereocenters. The van der Waals surface area contributed by atoms with Gasteiger partial charge in [0, 0.05) is 5.02 Å². The monoisotopic (exact) mass is 438 g/mol. The van der Waals surface area contributed by atoms with Crippen LogP contribution in [-0.4, -0.2) is 33.7 Å². The Morgan fingerprint density at radius 3 is 2.34 bits per heavy atom. The Morgan fingerprint density at radius 1 is 1.21 bits per heavy atom. The lowest BCUT2D eigenvalue weighted by molar-refractivity contribution is -0.122. The maximum atomic E-state index is 13.0. The smallest absolute Gasteiger partial charge is 0.244 e. The van der Waals surface area contributed by atoms with E-state index in [-0.39, 0.29) is 6.04 Å². The molecule has 0 spiro atoms. The number of anilines is 1. The quantitative estimate of drug-likeness (QED) is 0.673. The second-order valence-electron chi connectivity index (χ2n) is 6.91. The van der Waals surface area contributed by atoms with Gasteiger partial charge < -0.3 is 10.1 Å². The summed E-state index contributed by atoms with van der Waals surface area (Å²) < 4.78 is 31.3. The van der Waals surface area contributed by atoms with E-state index in [4.69, 9.17) is 16.3 Å². The fraction of sp³-hybridized carbons (Fsp3) is 0.381. The Kier molecular flexibility index (Phi) is 7.54. The van der Waals surface area contributed by atoms with Gasteiger partial charge in [0.25, 0.3) is 0 Å². The summed E-state index contributed by atoms with van der Waals surface area (Å²) in [4.78, 5) is 13.0. The summed E-state index contributed by atoms with van der Waals surface area (Å²) in [6.07, 6.45) is 1.73. The minimum Gasteiger partial charge on any atom is -0.497 e. The summed E-state index contributed by atoms with van der Waals surface area (Å²) in [7, 11) is -2.13. The first kappa shape index (κ1) is 23.0. The fourth-order valence-electron chi connectivity index (χ4n) is 3.15. The molecule has 2 rings (SSSR count). The molecule has 2 aromatic rings. The van der Waals surface area contributed by atoms with Crippen molar-refractivity contribution >= 4 is 33.2 Å². The number of hydrogen-bond acceptors (Lipinski definition) is 4. The number of amides is 1. The molecule has 0 aliphatic rings. The molecule has 29 heavy (non-hydrogen) atoms. The highest BCUT2D eigenvalue weighted by Crippen LogP contribution is 2.29. The van der Waals surface area contributed by atoms with E-state index in [1.165, 1.54) is 0 Å². The number of rotatable bonds is 8. The second-order valence-corrected chi connectivity index (χ2v) is 9.20. The average molecular weight is 439 g/mol. The first-order chi connectivity index (χ1) is 13.6. The zero-order valence-electron chi connectivity index (χ0n) is 17.3. The molecule has 0 unspecified atom stereocenters. The average Bonchev–Trinajstić information content (AvgIpc) is 2.67. The molecule has 8 heteroatoms. The van der Waals surface area contributed by atoms with E-state index < -0.39 is 22.0 Å². The lowest BCUT2D eigenvalue weighted by atomic mass is 10.0. The van der Waals surface area contributed by atoms with Gasteiger partial charge in [-0.2, -0.15) is 0 Å². The van der Waals surface area contributed by atoms with Gasteiger partial charge >= 0.3 is 0 Å². The molecule has 0 fully saturated rings. The van der Waals surface area contributed by atoms with Crippen LogP contribution in [0.1, 0.15) is 37.4 Å². The Hall–Kier alpha value is -2.25. The van der Waals surface area contributed by atoms with Gasteiger partial charge in [-0.25, -0.2) is 8.42 Å². The second kappa shape index (κ2) is 9.50. The number of halogens is 1. The van der Waals surface area contributed by atoms with Gasteiger partial charge in [0.15, 0.2) is 0 Å². The SMILES string of the molecule is CC[C@@H](NC(=O)[C@@H](C)N(c1cc(Cl)ccc1C)S(C)(=O)=O)c1ccc(OC)cc1. The molecule has 0 aromatic heterocycles. The summed E-state index contributed by atoms with van der Waals surface area (Å²) in [6, 6.07) is 11.2. The summed E-state index contributed by atoms with van der Waals surface area (Å²) in [5.41, 5.74) is 2.01. The van der Waals surface area contributed by atoms with Crippen LogP contribution in [0.25, 0.3) is 0 Å². The lowest BCUT2D eigenvalue weighted by Gasteiger charge is -2.31. The third-order valence-electron chi connectivity index (χ3n) is 4.74. The molecule has 0 heterocycles. The van der Waals surface area contributed by atoms with Crippen LogP contribution >= 0.6 is 11.6 Å². The van der Waals surface area contributed by atoms with E-state index in [2.05, 4.69) is 5.32 Å². The Bertz CT molecular complexity index is 961. The Morgan fingerprint density at radius 2 is 1.83 bits per heavy atom. The van der Waals surface area contributed by atoms with Gasteiger partial charge in [0.2, 0.25) is 15.9 Å². The topological polar surface area (TPSA) is 75.7 Å². The predicted octanol–water partition coefficient (Wildman–Crippen LogP) is 4.08. The van der Waals surface area contributed by atoms with Crippen LogP contribution in [0.4, 0.5) is 5.69 Å². The van der Waals surface area contributed by atoms with Crippen molar-refractivity contribution in [2.24, 2.45) is 0 Å². The lowest BCUT2D eigenvalue weighted by Crippen LogP contribution is -2.48. The van der Waals surface area contributed by atoms with E-state index in [9.17, 15) is 13.2 Å². The zero-order valence-corrected chi connectivity index (χ0v) is 18.8. The predicted molar refractivity (Wildman–Crippen MR) is 117 cm³/mol. The van der Waals surface area contributed by atoms with E-state index in [0.717, 1.165) is 21.9 Å². The molecule has 0 radical (unpaired) electrons. The maximum absolute atomic E-state index is 13.0. The summed E-state index contributed by atoms with van der Waals surface area (Å²) in [6.45, 7) is 5.30. The Labute approximate surface area is 177 Å². The van der Waals surface area contributed by atoms with Crippen molar-refractivity contribution in [2.75, 3.05) is 17.7 Å². The third kappa shape index (κ3) is 5.64. The van der Waals surface area contributed by atoms with Crippen molar-refractivity contribution in [2.45, 2.75) is 39.3 Å². The van der Waals surface area contributed by atoms with Gasteiger partial charge in [0.05, 0.1) is 25.1 Å². The number of nitrogens with zero attached hydrogens (tertiary/aromatic N) is 1. The van der Waals surface area contributed by atoms with Crippen LogP contribution in [0.2, 0.25) is 5.02 Å². The number of carbonyl (C=O) groups is 1. The molecule has 0 saturated carbocycles. The molecule has 0 saturated heterocycles. The number of methoxy groups -OCH3 is 1. The molecular formula is C21H27ClN2O4S. The number of carbonyl (C=O) groups excluding carboxylic acids is 1. The van der Waals surface area contributed by atoms with Crippen LogP contribution in [0.15, 0.2) is 42.5 Å². The highest BCUT2D eigenvalue weighted by Gasteiger charge is 2.31. The fourth-order valence-corrected chi connectivity index (χ4v) is 4.54. The van der Waals surface area contributed by atoms with Crippen molar-refractivity contribution in [3.63, 3.8) is 0 Å². The van der Waals surface area contributed by atoms with Crippen molar-refractivity contribution in [1.82, 2.24) is 5.32 Å². The molecule has 0 aliphatic heterocycles. The van der Waals surface area contributed by atoms with Gasteiger partial charge in [-0.15, -0.1) is 0 Å².